The third-order valence-corrected chi connectivity index (χ3v) is 6.53. The van der Waals surface area contributed by atoms with Gasteiger partial charge in [0.25, 0.3) is 0 Å². The largest absolute Gasteiger partial charge is 0.496 e. The molecule has 4 rings (SSSR count). The summed E-state index contributed by atoms with van der Waals surface area (Å²) in [5.74, 6) is 0.970. The van der Waals surface area contributed by atoms with Crippen LogP contribution in [0.3, 0.4) is 0 Å². The number of nitrogens with zero attached hydrogens (tertiary/aromatic N) is 2. The molecule has 26 heavy (non-hydrogen) atoms. The molecule has 3 saturated heterocycles. The summed E-state index contributed by atoms with van der Waals surface area (Å²) in [5.41, 5.74) is 0.883. The first-order valence-electron chi connectivity index (χ1n) is 8.80. The smallest absolute Gasteiger partial charge is 0.237 e. The van der Waals surface area contributed by atoms with Crippen LogP contribution in [-0.4, -0.2) is 67.0 Å². The highest BCUT2D eigenvalue weighted by Gasteiger charge is 2.44. The standard InChI is InChI=1S/C18H21Cl2N3O3/c1-26-14-3-2-13(19)18(20)17(14)10-4-12-8-22(9-16(25)23(12)7-10)11-5-15(24)21-6-11/h2-3,10-12H,4-9H2,1H3,(H,21,24)/t10-,11?,12-/m0/s1. The predicted molar refractivity (Wildman–Crippen MR) is 98.9 cm³/mol. The highest BCUT2D eigenvalue weighted by molar-refractivity contribution is 6.42. The Morgan fingerprint density at radius 3 is 2.69 bits per heavy atom. The van der Waals surface area contributed by atoms with Crippen molar-refractivity contribution in [1.29, 1.82) is 0 Å². The number of halogens is 2. The Bertz CT molecular complexity index is 757. The maximum Gasteiger partial charge on any atom is 0.237 e. The molecule has 2 amide bonds. The van der Waals surface area contributed by atoms with E-state index >= 15 is 0 Å². The number of hydrogen-bond donors (Lipinski definition) is 1. The Labute approximate surface area is 162 Å². The molecule has 0 bridgehead atoms. The van der Waals surface area contributed by atoms with Crippen molar-refractivity contribution in [2.45, 2.75) is 30.8 Å². The number of ether oxygens (including phenoxy) is 1. The molecule has 0 aliphatic carbocycles. The van der Waals surface area contributed by atoms with Crippen molar-refractivity contribution < 1.29 is 14.3 Å². The topological polar surface area (TPSA) is 61.9 Å². The van der Waals surface area contributed by atoms with Gasteiger partial charge in [0, 0.05) is 49.6 Å². The van der Waals surface area contributed by atoms with E-state index in [1.54, 1.807) is 13.2 Å². The van der Waals surface area contributed by atoms with Crippen LogP contribution in [0, 0.1) is 0 Å². The van der Waals surface area contributed by atoms with Gasteiger partial charge >= 0.3 is 0 Å². The molecule has 1 unspecified atom stereocenters. The fourth-order valence-electron chi connectivity index (χ4n) is 4.44. The zero-order chi connectivity index (χ0) is 18.4. The number of methoxy groups -OCH3 is 1. The molecule has 0 aromatic heterocycles. The van der Waals surface area contributed by atoms with Crippen LogP contribution in [0.4, 0.5) is 0 Å². The van der Waals surface area contributed by atoms with Gasteiger partial charge in [-0.2, -0.15) is 0 Å². The van der Waals surface area contributed by atoms with Crippen LogP contribution in [0.2, 0.25) is 10.0 Å². The minimum atomic E-state index is 0.0598. The van der Waals surface area contributed by atoms with E-state index in [4.69, 9.17) is 27.9 Å². The first-order chi connectivity index (χ1) is 12.5. The Balaban J connectivity index is 1.55. The van der Waals surface area contributed by atoms with E-state index < -0.39 is 0 Å². The average Bonchev–Trinajstić information content (AvgIpc) is 3.23. The molecule has 1 aromatic rings. The Morgan fingerprint density at radius 2 is 2.00 bits per heavy atom. The van der Waals surface area contributed by atoms with Crippen LogP contribution in [0.25, 0.3) is 0 Å². The first kappa shape index (κ1) is 17.9. The van der Waals surface area contributed by atoms with Gasteiger partial charge in [0.2, 0.25) is 11.8 Å². The molecule has 0 saturated carbocycles. The number of rotatable bonds is 3. The van der Waals surface area contributed by atoms with Crippen molar-refractivity contribution in [2.24, 2.45) is 0 Å². The number of amides is 2. The molecule has 1 N–H and O–H groups in total. The molecule has 0 radical (unpaired) electrons. The van der Waals surface area contributed by atoms with Crippen LogP contribution in [0.5, 0.6) is 5.75 Å². The van der Waals surface area contributed by atoms with Gasteiger partial charge in [0.1, 0.15) is 5.75 Å². The van der Waals surface area contributed by atoms with Gasteiger partial charge in [0.05, 0.1) is 23.7 Å². The Hall–Kier alpha value is -1.50. The van der Waals surface area contributed by atoms with Gasteiger partial charge in [0.15, 0.2) is 0 Å². The number of carbonyl (C=O) groups is 2. The second-order valence-corrected chi connectivity index (χ2v) is 7.99. The number of hydrogen-bond acceptors (Lipinski definition) is 4. The molecule has 3 fully saturated rings. The van der Waals surface area contributed by atoms with Crippen LogP contribution in [0.1, 0.15) is 24.3 Å². The summed E-state index contributed by atoms with van der Waals surface area (Å²) in [5, 5.41) is 3.85. The SMILES string of the molecule is COc1ccc(Cl)c(Cl)c1[C@H]1C[C@H]2CN(C3CNC(=O)C3)CC(=O)N2C1. The number of carbonyl (C=O) groups excluding carboxylic acids is 2. The average molecular weight is 398 g/mol. The third-order valence-electron chi connectivity index (χ3n) is 5.71. The summed E-state index contributed by atoms with van der Waals surface area (Å²) in [6.07, 6.45) is 1.28. The maximum absolute atomic E-state index is 12.7. The highest BCUT2D eigenvalue weighted by Crippen LogP contribution is 2.44. The molecule has 3 atom stereocenters. The van der Waals surface area contributed by atoms with Crippen molar-refractivity contribution in [3.05, 3.63) is 27.7 Å². The molecular weight excluding hydrogens is 377 g/mol. The van der Waals surface area contributed by atoms with Gasteiger partial charge in [-0.3, -0.25) is 14.5 Å². The second kappa shape index (κ2) is 6.91. The summed E-state index contributed by atoms with van der Waals surface area (Å²) in [6, 6.07) is 3.78. The Morgan fingerprint density at radius 1 is 1.19 bits per heavy atom. The zero-order valence-corrected chi connectivity index (χ0v) is 16.0. The van der Waals surface area contributed by atoms with Gasteiger partial charge in [-0.1, -0.05) is 23.2 Å². The lowest BCUT2D eigenvalue weighted by molar-refractivity contribution is -0.139. The monoisotopic (exact) mass is 397 g/mol. The molecule has 3 aliphatic heterocycles. The minimum absolute atomic E-state index is 0.0598. The predicted octanol–water partition coefficient (Wildman–Crippen LogP) is 1.89. The second-order valence-electron chi connectivity index (χ2n) is 7.20. The van der Waals surface area contributed by atoms with Crippen molar-refractivity contribution in [3.63, 3.8) is 0 Å². The van der Waals surface area contributed by atoms with Gasteiger partial charge in [-0.15, -0.1) is 0 Å². The lowest BCUT2D eigenvalue weighted by Crippen LogP contribution is -2.56. The van der Waals surface area contributed by atoms with E-state index in [9.17, 15) is 9.59 Å². The number of nitrogens with one attached hydrogen (secondary N) is 1. The molecule has 1 aromatic carbocycles. The number of fused-ring (bicyclic) bond motifs is 1. The van der Waals surface area contributed by atoms with Crippen molar-refractivity contribution in [2.75, 3.05) is 33.3 Å². The minimum Gasteiger partial charge on any atom is -0.496 e. The van der Waals surface area contributed by atoms with Crippen LogP contribution < -0.4 is 10.1 Å². The van der Waals surface area contributed by atoms with Gasteiger partial charge in [-0.05, 0) is 18.6 Å². The van der Waals surface area contributed by atoms with E-state index in [1.807, 2.05) is 11.0 Å². The highest BCUT2D eigenvalue weighted by atomic mass is 35.5. The van der Waals surface area contributed by atoms with E-state index in [-0.39, 0.29) is 29.8 Å². The zero-order valence-electron chi connectivity index (χ0n) is 14.5. The maximum atomic E-state index is 12.7. The van der Waals surface area contributed by atoms with Crippen LogP contribution in [0.15, 0.2) is 12.1 Å². The quantitative estimate of drug-likeness (QED) is 0.845. The lowest BCUT2D eigenvalue weighted by Gasteiger charge is -2.39. The molecule has 0 spiro atoms. The molecular formula is C18H21Cl2N3O3. The van der Waals surface area contributed by atoms with Crippen molar-refractivity contribution >= 4 is 35.0 Å². The number of piperazine rings is 1. The van der Waals surface area contributed by atoms with Crippen molar-refractivity contribution in [1.82, 2.24) is 15.1 Å². The first-order valence-corrected chi connectivity index (χ1v) is 9.55. The number of benzene rings is 1. The fourth-order valence-corrected chi connectivity index (χ4v) is 4.91. The fraction of sp³-hybridized carbons (Fsp3) is 0.556. The van der Waals surface area contributed by atoms with Gasteiger partial charge < -0.3 is 15.0 Å². The van der Waals surface area contributed by atoms with Crippen LogP contribution in [-0.2, 0) is 9.59 Å². The summed E-state index contributed by atoms with van der Waals surface area (Å²) < 4.78 is 5.49. The Kier molecular flexibility index (Phi) is 4.75. The molecule has 140 valence electrons. The molecule has 6 nitrogen and oxygen atoms in total. The van der Waals surface area contributed by atoms with Gasteiger partial charge in [-0.25, -0.2) is 0 Å². The molecule has 3 heterocycles. The molecule has 8 heteroatoms. The lowest BCUT2D eigenvalue weighted by atomic mass is 9.95. The normalized spacial score (nSPS) is 29.0. The van der Waals surface area contributed by atoms with E-state index in [2.05, 4.69) is 10.2 Å². The van der Waals surface area contributed by atoms with E-state index in [0.717, 1.165) is 18.5 Å². The van der Waals surface area contributed by atoms with E-state index in [1.165, 1.54) is 0 Å². The van der Waals surface area contributed by atoms with Crippen molar-refractivity contribution in [3.8, 4) is 5.75 Å². The molecule has 3 aliphatic rings. The summed E-state index contributed by atoms with van der Waals surface area (Å²) in [4.78, 5) is 28.3. The third kappa shape index (κ3) is 3.04. The van der Waals surface area contributed by atoms with Crippen LogP contribution >= 0.6 is 23.2 Å². The summed E-state index contributed by atoms with van der Waals surface area (Å²) in [7, 11) is 1.61. The summed E-state index contributed by atoms with van der Waals surface area (Å²) >= 11 is 12.7. The summed E-state index contributed by atoms with van der Waals surface area (Å²) in [6.45, 7) is 2.39. The van der Waals surface area contributed by atoms with E-state index in [0.29, 0.717) is 41.8 Å².